The lowest BCUT2D eigenvalue weighted by molar-refractivity contribution is 0.0973. The molecule has 2 aliphatic rings. The summed E-state index contributed by atoms with van der Waals surface area (Å²) in [5.41, 5.74) is 2.91. The highest BCUT2D eigenvalue weighted by atomic mass is 16.5. The molecular weight excluding hydrogens is 410 g/mol. The molecular formula is C23H23N5O4. The number of anilines is 3. The van der Waals surface area contributed by atoms with Crippen molar-refractivity contribution in [3.63, 3.8) is 0 Å². The third kappa shape index (κ3) is 3.56. The van der Waals surface area contributed by atoms with Crippen molar-refractivity contribution in [1.82, 2.24) is 10.3 Å². The molecule has 164 valence electrons. The first-order valence-corrected chi connectivity index (χ1v) is 10.4. The number of pyridine rings is 1. The molecule has 0 bridgehead atoms. The number of methoxy groups -OCH3 is 1. The zero-order chi connectivity index (χ0) is 22.1. The van der Waals surface area contributed by atoms with Crippen molar-refractivity contribution in [2.24, 2.45) is 0 Å². The summed E-state index contributed by atoms with van der Waals surface area (Å²) < 4.78 is 11.1. The lowest BCUT2D eigenvalue weighted by Crippen LogP contribution is -2.43. The van der Waals surface area contributed by atoms with Gasteiger partial charge < -0.3 is 24.7 Å². The molecule has 2 N–H and O–H groups in total. The number of aromatic nitrogens is 1. The van der Waals surface area contributed by atoms with Gasteiger partial charge in [-0.2, -0.15) is 0 Å². The fourth-order valence-corrected chi connectivity index (χ4v) is 4.12. The molecule has 0 radical (unpaired) electrons. The Balaban J connectivity index is 1.34. The van der Waals surface area contributed by atoms with Crippen LogP contribution in [0.5, 0.6) is 5.75 Å². The van der Waals surface area contributed by atoms with E-state index in [-0.39, 0.29) is 11.7 Å². The summed E-state index contributed by atoms with van der Waals surface area (Å²) in [6.07, 6.45) is 3.34. The van der Waals surface area contributed by atoms with Gasteiger partial charge in [-0.15, -0.1) is 0 Å². The SMILES string of the molecule is COc1cccc2c1C(=O)N(c1ccc(C(=O)Nc3cnccc3N3CCNCC3)o1)C2. The number of rotatable bonds is 5. The number of hydrogen-bond donors (Lipinski definition) is 2. The van der Waals surface area contributed by atoms with Gasteiger partial charge in [0.25, 0.3) is 11.8 Å². The minimum Gasteiger partial charge on any atom is -0.496 e. The van der Waals surface area contributed by atoms with Crippen LogP contribution in [0.15, 0.2) is 53.2 Å². The average molecular weight is 433 g/mol. The molecule has 0 atom stereocenters. The summed E-state index contributed by atoms with van der Waals surface area (Å²) in [5, 5.41) is 6.21. The summed E-state index contributed by atoms with van der Waals surface area (Å²) >= 11 is 0. The quantitative estimate of drug-likeness (QED) is 0.638. The van der Waals surface area contributed by atoms with Crippen LogP contribution in [0.25, 0.3) is 0 Å². The minimum absolute atomic E-state index is 0.117. The Bertz CT molecular complexity index is 1170. The highest BCUT2D eigenvalue weighted by Crippen LogP contribution is 2.35. The van der Waals surface area contributed by atoms with Crippen molar-refractivity contribution in [2.45, 2.75) is 6.54 Å². The molecule has 9 heteroatoms. The Morgan fingerprint density at radius 2 is 2.03 bits per heavy atom. The van der Waals surface area contributed by atoms with Crippen molar-refractivity contribution in [1.29, 1.82) is 0 Å². The molecule has 2 amide bonds. The van der Waals surface area contributed by atoms with Gasteiger partial charge in [0.2, 0.25) is 5.88 Å². The molecule has 2 aliphatic heterocycles. The van der Waals surface area contributed by atoms with E-state index in [0.717, 1.165) is 37.4 Å². The van der Waals surface area contributed by atoms with Crippen molar-refractivity contribution in [2.75, 3.05) is 48.4 Å². The maximum absolute atomic E-state index is 12.9. The van der Waals surface area contributed by atoms with Crippen LogP contribution >= 0.6 is 0 Å². The summed E-state index contributed by atoms with van der Waals surface area (Å²) in [6.45, 7) is 3.82. The van der Waals surface area contributed by atoms with Crippen molar-refractivity contribution >= 4 is 29.1 Å². The highest BCUT2D eigenvalue weighted by molar-refractivity contribution is 6.11. The van der Waals surface area contributed by atoms with Crippen LogP contribution in [0, 0.1) is 0 Å². The second-order valence-corrected chi connectivity index (χ2v) is 7.61. The van der Waals surface area contributed by atoms with Gasteiger partial charge in [0, 0.05) is 38.4 Å². The number of amides is 2. The van der Waals surface area contributed by atoms with Gasteiger partial charge in [0.15, 0.2) is 5.76 Å². The first-order chi connectivity index (χ1) is 15.7. The number of hydrogen-bond acceptors (Lipinski definition) is 7. The fraction of sp³-hybridized carbons (Fsp3) is 0.261. The Morgan fingerprint density at radius 3 is 2.84 bits per heavy atom. The van der Waals surface area contributed by atoms with E-state index < -0.39 is 5.91 Å². The Morgan fingerprint density at radius 1 is 1.19 bits per heavy atom. The molecule has 1 aromatic carbocycles. The van der Waals surface area contributed by atoms with E-state index in [9.17, 15) is 9.59 Å². The molecule has 3 aromatic rings. The third-order valence-corrected chi connectivity index (χ3v) is 5.71. The molecule has 0 spiro atoms. The van der Waals surface area contributed by atoms with Gasteiger partial charge >= 0.3 is 0 Å². The molecule has 1 saturated heterocycles. The summed E-state index contributed by atoms with van der Waals surface area (Å²) in [4.78, 5) is 33.7. The van der Waals surface area contributed by atoms with Crippen LogP contribution in [0.4, 0.5) is 17.3 Å². The maximum Gasteiger partial charge on any atom is 0.291 e. The fourth-order valence-electron chi connectivity index (χ4n) is 4.12. The van der Waals surface area contributed by atoms with Crippen LogP contribution < -0.4 is 25.2 Å². The predicted molar refractivity (Wildman–Crippen MR) is 119 cm³/mol. The van der Waals surface area contributed by atoms with Crippen LogP contribution in [0.2, 0.25) is 0 Å². The van der Waals surface area contributed by atoms with Crippen LogP contribution in [0.3, 0.4) is 0 Å². The third-order valence-electron chi connectivity index (χ3n) is 5.71. The Hall–Kier alpha value is -3.85. The summed E-state index contributed by atoms with van der Waals surface area (Å²) in [6, 6.07) is 10.6. The second-order valence-electron chi connectivity index (χ2n) is 7.61. The number of carbonyl (C=O) groups excluding carboxylic acids is 2. The number of piperazine rings is 1. The second kappa shape index (κ2) is 8.35. The van der Waals surface area contributed by atoms with Crippen LogP contribution in [-0.4, -0.2) is 50.1 Å². The number of benzene rings is 1. The number of nitrogens with zero attached hydrogens (tertiary/aromatic N) is 3. The van der Waals surface area contributed by atoms with Gasteiger partial charge in [0.05, 0.1) is 36.8 Å². The Kier molecular flexibility index (Phi) is 5.24. The van der Waals surface area contributed by atoms with E-state index in [1.54, 1.807) is 30.6 Å². The van der Waals surface area contributed by atoms with Gasteiger partial charge in [0.1, 0.15) is 5.75 Å². The smallest absolute Gasteiger partial charge is 0.291 e. The largest absolute Gasteiger partial charge is 0.496 e. The molecule has 0 unspecified atom stereocenters. The van der Waals surface area contributed by atoms with E-state index in [0.29, 0.717) is 29.4 Å². The molecule has 1 fully saturated rings. The standard InChI is InChI=1S/C23H23N5O4/c1-31-18-4-2-3-15-14-28(23(30)21(15)18)20-6-5-19(32-20)22(29)26-16-13-25-8-7-17(16)27-11-9-24-10-12-27/h2-8,13,24H,9-12,14H2,1H3,(H,26,29). The van der Waals surface area contributed by atoms with E-state index in [4.69, 9.17) is 9.15 Å². The predicted octanol–water partition coefficient (Wildman–Crippen LogP) is 2.51. The first-order valence-electron chi connectivity index (χ1n) is 10.4. The number of fused-ring (bicyclic) bond motifs is 1. The molecule has 4 heterocycles. The molecule has 0 aliphatic carbocycles. The number of furan rings is 1. The lowest BCUT2D eigenvalue weighted by Gasteiger charge is -2.30. The first kappa shape index (κ1) is 20.1. The average Bonchev–Trinajstić information content (AvgIpc) is 3.45. The molecule has 0 saturated carbocycles. The highest BCUT2D eigenvalue weighted by Gasteiger charge is 2.33. The lowest BCUT2D eigenvalue weighted by atomic mass is 10.1. The Labute approximate surface area is 185 Å². The van der Waals surface area contributed by atoms with Gasteiger partial charge in [-0.25, -0.2) is 0 Å². The minimum atomic E-state index is -0.401. The number of nitrogens with one attached hydrogen (secondary N) is 2. The zero-order valence-electron chi connectivity index (χ0n) is 17.6. The van der Waals surface area contributed by atoms with E-state index >= 15 is 0 Å². The van der Waals surface area contributed by atoms with Gasteiger partial charge in [-0.3, -0.25) is 19.5 Å². The van der Waals surface area contributed by atoms with Crippen LogP contribution in [-0.2, 0) is 6.54 Å². The van der Waals surface area contributed by atoms with E-state index in [1.807, 2.05) is 18.2 Å². The topological polar surface area (TPSA) is 99.9 Å². The molecule has 5 rings (SSSR count). The zero-order valence-corrected chi connectivity index (χ0v) is 17.6. The molecule has 9 nitrogen and oxygen atoms in total. The summed E-state index contributed by atoms with van der Waals surface area (Å²) in [7, 11) is 1.54. The van der Waals surface area contributed by atoms with E-state index in [1.165, 1.54) is 12.0 Å². The number of ether oxygens (including phenoxy) is 1. The van der Waals surface area contributed by atoms with Gasteiger partial charge in [-0.1, -0.05) is 12.1 Å². The summed E-state index contributed by atoms with van der Waals surface area (Å²) in [5.74, 6) is 0.337. The molecule has 32 heavy (non-hydrogen) atoms. The van der Waals surface area contributed by atoms with Crippen molar-refractivity contribution < 1.29 is 18.7 Å². The van der Waals surface area contributed by atoms with E-state index in [2.05, 4.69) is 20.5 Å². The monoisotopic (exact) mass is 433 g/mol. The van der Waals surface area contributed by atoms with Crippen molar-refractivity contribution in [3.8, 4) is 5.75 Å². The van der Waals surface area contributed by atoms with Gasteiger partial charge in [-0.05, 0) is 23.8 Å². The molecule has 2 aromatic heterocycles. The van der Waals surface area contributed by atoms with Crippen molar-refractivity contribution in [3.05, 3.63) is 65.7 Å². The normalized spacial score (nSPS) is 15.6. The van der Waals surface area contributed by atoms with Crippen LogP contribution in [0.1, 0.15) is 26.5 Å². The number of carbonyl (C=O) groups is 2. The maximum atomic E-state index is 12.9.